The van der Waals surface area contributed by atoms with Crippen LogP contribution in [0.15, 0.2) is 66.3 Å². The fourth-order valence-electron chi connectivity index (χ4n) is 2.80. The Balaban J connectivity index is 1.51. The number of ether oxygens (including phenoxy) is 2. The highest BCUT2D eigenvalue weighted by molar-refractivity contribution is 5.34. The summed E-state index contributed by atoms with van der Waals surface area (Å²) in [4.78, 5) is 2.27. The van der Waals surface area contributed by atoms with Crippen LogP contribution in [0.5, 0.6) is 0 Å². The Bertz CT molecular complexity index is 624. The average Bonchev–Trinajstić information content (AvgIpc) is 2.59. The molecule has 0 aromatic heterocycles. The van der Waals surface area contributed by atoms with E-state index in [-0.39, 0.29) is 6.17 Å². The van der Waals surface area contributed by atoms with Gasteiger partial charge in [0.2, 0.25) is 0 Å². The van der Waals surface area contributed by atoms with Gasteiger partial charge in [0.1, 0.15) is 24.2 Å². The summed E-state index contributed by atoms with van der Waals surface area (Å²) in [5.41, 5.74) is 5.65. The van der Waals surface area contributed by atoms with Gasteiger partial charge in [-0.2, -0.15) is 0 Å². The van der Waals surface area contributed by atoms with Gasteiger partial charge in [0.05, 0.1) is 13.2 Å². The van der Waals surface area contributed by atoms with Crippen molar-refractivity contribution in [2.24, 2.45) is 0 Å². The van der Waals surface area contributed by atoms with Crippen LogP contribution in [-0.4, -0.2) is 35.8 Å². The van der Waals surface area contributed by atoms with E-state index in [1.807, 2.05) is 41.6 Å². The van der Waals surface area contributed by atoms with Crippen LogP contribution in [0.4, 0.5) is 0 Å². The van der Waals surface area contributed by atoms with Crippen molar-refractivity contribution in [2.45, 2.75) is 12.8 Å². The number of nitrogens with one attached hydrogen (secondary N) is 1. The molecule has 0 aliphatic carbocycles. The maximum Gasteiger partial charge on any atom is 0.146 e. The van der Waals surface area contributed by atoms with Crippen molar-refractivity contribution in [1.29, 1.82) is 0 Å². The summed E-state index contributed by atoms with van der Waals surface area (Å²) in [5, 5.41) is 2.01. The largest absolute Gasteiger partial charge is 0.487 e. The van der Waals surface area contributed by atoms with Crippen molar-refractivity contribution >= 4 is 0 Å². The van der Waals surface area contributed by atoms with E-state index in [4.69, 9.17) is 9.47 Å². The van der Waals surface area contributed by atoms with Gasteiger partial charge in [0.25, 0.3) is 0 Å². The molecule has 1 N–H and O–H groups in total. The number of hydrazine groups is 1. The molecule has 5 heteroatoms. The van der Waals surface area contributed by atoms with E-state index >= 15 is 0 Å². The van der Waals surface area contributed by atoms with Crippen LogP contribution in [0.2, 0.25) is 0 Å². The molecule has 3 aliphatic rings. The predicted octanol–water partition coefficient (Wildman–Crippen LogP) is 1.93. The highest BCUT2D eigenvalue weighted by Gasteiger charge is 2.30. The fraction of sp³-hybridized carbons (Fsp3) is 0.294. The Morgan fingerprint density at radius 3 is 3.09 bits per heavy atom. The molecule has 5 nitrogen and oxygen atoms in total. The van der Waals surface area contributed by atoms with Gasteiger partial charge >= 0.3 is 0 Å². The van der Waals surface area contributed by atoms with E-state index in [2.05, 4.69) is 28.7 Å². The number of fused-ring (bicyclic) bond motifs is 2. The van der Waals surface area contributed by atoms with E-state index in [0.29, 0.717) is 13.2 Å². The molecular weight excluding hydrogens is 278 g/mol. The second-order valence-corrected chi connectivity index (χ2v) is 5.49. The highest BCUT2D eigenvalue weighted by Crippen LogP contribution is 2.26. The van der Waals surface area contributed by atoms with Crippen molar-refractivity contribution in [3.05, 3.63) is 71.9 Å². The minimum Gasteiger partial charge on any atom is -0.487 e. The van der Waals surface area contributed by atoms with E-state index in [1.54, 1.807) is 0 Å². The molecule has 3 heterocycles. The number of hydrogen-bond donors (Lipinski definition) is 1. The molecular formula is C17H19N3O2. The SMILES string of the molecule is C1=CN2NC3COCCN3C=C2C(OCc2ccccc2)=C1. The molecule has 1 fully saturated rings. The predicted molar refractivity (Wildman–Crippen MR) is 82.8 cm³/mol. The Labute approximate surface area is 130 Å². The van der Waals surface area contributed by atoms with Crippen molar-refractivity contribution in [3.8, 4) is 0 Å². The smallest absolute Gasteiger partial charge is 0.146 e. The molecule has 4 rings (SSSR count). The summed E-state index contributed by atoms with van der Waals surface area (Å²) in [6.45, 7) is 2.92. The van der Waals surface area contributed by atoms with Gasteiger partial charge in [0, 0.05) is 18.9 Å². The average molecular weight is 297 g/mol. The number of hydrogen-bond acceptors (Lipinski definition) is 5. The molecule has 0 amide bonds. The maximum absolute atomic E-state index is 6.02. The van der Waals surface area contributed by atoms with Gasteiger partial charge in [-0.1, -0.05) is 30.3 Å². The monoisotopic (exact) mass is 297 g/mol. The standard InChI is InChI=1S/C17H19N3O2/c1-2-5-14(6-3-1)12-22-16-7-4-8-20-15(16)11-19-9-10-21-13-17(19)18-20/h1-8,11,17-18H,9-10,12-13H2. The van der Waals surface area contributed by atoms with Crippen LogP contribution in [0.3, 0.4) is 0 Å². The third-order valence-electron chi connectivity index (χ3n) is 3.98. The molecule has 3 aliphatic heterocycles. The first-order valence-electron chi connectivity index (χ1n) is 7.56. The topological polar surface area (TPSA) is 37.0 Å². The van der Waals surface area contributed by atoms with Crippen LogP contribution >= 0.6 is 0 Å². The zero-order chi connectivity index (χ0) is 14.8. The molecule has 0 saturated carbocycles. The van der Waals surface area contributed by atoms with Crippen molar-refractivity contribution in [3.63, 3.8) is 0 Å². The Morgan fingerprint density at radius 2 is 2.18 bits per heavy atom. The maximum atomic E-state index is 6.02. The minimum absolute atomic E-state index is 0.190. The molecule has 0 radical (unpaired) electrons. The van der Waals surface area contributed by atoms with Crippen LogP contribution in [0.1, 0.15) is 5.56 Å². The number of rotatable bonds is 3. The Kier molecular flexibility index (Phi) is 3.58. The third-order valence-corrected chi connectivity index (χ3v) is 3.98. The van der Waals surface area contributed by atoms with Gasteiger partial charge < -0.3 is 14.4 Å². The lowest BCUT2D eigenvalue weighted by Crippen LogP contribution is -2.59. The third kappa shape index (κ3) is 2.61. The van der Waals surface area contributed by atoms with Gasteiger partial charge in [-0.05, 0) is 17.7 Å². The van der Waals surface area contributed by atoms with Crippen LogP contribution in [-0.2, 0) is 16.1 Å². The number of benzene rings is 1. The normalized spacial score (nSPS) is 23.4. The fourth-order valence-corrected chi connectivity index (χ4v) is 2.80. The highest BCUT2D eigenvalue weighted by atomic mass is 16.5. The second kappa shape index (κ2) is 5.87. The summed E-state index contributed by atoms with van der Waals surface area (Å²) >= 11 is 0. The van der Waals surface area contributed by atoms with Crippen LogP contribution in [0, 0.1) is 0 Å². The molecule has 1 unspecified atom stereocenters. The molecule has 114 valence electrons. The number of nitrogens with zero attached hydrogens (tertiary/aromatic N) is 2. The number of allylic oxidation sites excluding steroid dienone is 2. The molecule has 0 bridgehead atoms. The van der Waals surface area contributed by atoms with Crippen LogP contribution < -0.4 is 5.43 Å². The van der Waals surface area contributed by atoms with E-state index in [1.165, 1.54) is 0 Å². The zero-order valence-electron chi connectivity index (χ0n) is 12.3. The van der Waals surface area contributed by atoms with Crippen molar-refractivity contribution in [2.75, 3.05) is 19.8 Å². The number of morpholine rings is 1. The van der Waals surface area contributed by atoms with E-state index in [0.717, 1.165) is 30.2 Å². The molecule has 0 spiro atoms. The summed E-state index contributed by atoms with van der Waals surface area (Å²) < 4.78 is 11.5. The van der Waals surface area contributed by atoms with Gasteiger partial charge in [-0.25, -0.2) is 5.43 Å². The molecule has 1 atom stereocenters. The lowest BCUT2D eigenvalue weighted by atomic mass is 10.2. The van der Waals surface area contributed by atoms with E-state index < -0.39 is 0 Å². The minimum atomic E-state index is 0.190. The summed E-state index contributed by atoms with van der Waals surface area (Å²) in [6, 6.07) is 10.2. The first-order valence-corrected chi connectivity index (χ1v) is 7.56. The van der Waals surface area contributed by atoms with Gasteiger partial charge in [-0.15, -0.1) is 0 Å². The van der Waals surface area contributed by atoms with Gasteiger partial charge in [-0.3, -0.25) is 5.01 Å². The van der Waals surface area contributed by atoms with Crippen molar-refractivity contribution in [1.82, 2.24) is 15.3 Å². The Morgan fingerprint density at radius 1 is 1.27 bits per heavy atom. The van der Waals surface area contributed by atoms with Gasteiger partial charge in [0.15, 0.2) is 0 Å². The Hall–Kier alpha value is -2.24. The van der Waals surface area contributed by atoms with Crippen LogP contribution in [0.25, 0.3) is 0 Å². The molecule has 1 aromatic rings. The first kappa shape index (κ1) is 13.4. The zero-order valence-corrected chi connectivity index (χ0v) is 12.3. The van der Waals surface area contributed by atoms with E-state index in [9.17, 15) is 0 Å². The van der Waals surface area contributed by atoms with Crippen molar-refractivity contribution < 1.29 is 9.47 Å². The lowest BCUT2D eigenvalue weighted by molar-refractivity contribution is -0.0304. The second-order valence-electron chi connectivity index (χ2n) is 5.49. The quantitative estimate of drug-likeness (QED) is 0.923. The summed E-state index contributed by atoms with van der Waals surface area (Å²) in [7, 11) is 0. The summed E-state index contributed by atoms with van der Waals surface area (Å²) in [6.07, 6.45) is 8.35. The lowest BCUT2D eigenvalue weighted by Gasteiger charge is -2.44. The molecule has 22 heavy (non-hydrogen) atoms. The molecule has 1 aromatic carbocycles. The first-order chi connectivity index (χ1) is 10.9. The molecule has 1 saturated heterocycles. The summed E-state index contributed by atoms with van der Waals surface area (Å²) in [5.74, 6) is 0.879.